The number of hydrogen-bond donors (Lipinski definition) is 0. The summed E-state index contributed by atoms with van der Waals surface area (Å²) in [7, 11) is 0. The quantitative estimate of drug-likeness (QED) is 0.469. The van der Waals surface area contributed by atoms with Crippen LogP contribution in [-0.4, -0.2) is 3.92 Å². The topological polar surface area (TPSA) is 0 Å². The summed E-state index contributed by atoms with van der Waals surface area (Å²) in [5, 5.41) is 0. The fraction of sp³-hybridized carbons (Fsp3) is 1.00. The Hall–Kier alpha value is 0.730. The Kier molecular flexibility index (Phi) is 3.94. The summed E-state index contributed by atoms with van der Waals surface area (Å²) in [5.74, 6) is 0.944. The summed E-state index contributed by atoms with van der Waals surface area (Å²) in [4.78, 5) is 0. The van der Waals surface area contributed by atoms with E-state index in [9.17, 15) is 0 Å². The van der Waals surface area contributed by atoms with Gasteiger partial charge in [-0.25, -0.2) is 0 Å². The van der Waals surface area contributed by atoms with E-state index < -0.39 is 0 Å². The van der Waals surface area contributed by atoms with E-state index in [0.717, 1.165) is 9.84 Å². The van der Waals surface area contributed by atoms with Crippen LogP contribution in [0.15, 0.2) is 0 Å². The number of rotatable bonds is 1. The summed E-state index contributed by atoms with van der Waals surface area (Å²) < 4.78 is 0.833. The van der Waals surface area contributed by atoms with Crippen molar-refractivity contribution < 1.29 is 0 Å². The van der Waals surface area contributed by atoms with Crippen molar-refractivity contribution in [2.45, 2.75) is 64.2 Å². The zero-order chi connectivity index (χ0) is 11.0. The standard InChI is InChI=1S/C13H25I/c1-12(2,3)11(14)10-7-6-8-13(4,5)9-10/h10-11H,6-9H2,1-5H3. The average Bonchev–Trinajstić information content (AvgIpc) is 1.99. The third-order valence-corrected chi connectivity index (χ3v) is 6.37. The predicted molar refractivity (Wildman–Crippen MR) is 73.0 cm³/mol. The van der Waals surface area contributed by atoms with Gasteiger partial charge in [0, 0.05) is 3.92 Å². The van der Waals surface area contributed by atoms with Crippen LogP contribution in [0.2, 0.25) is 0 Å². The Labute approximate surface area is 103 Å². The molecule has 1 rings (SSSR count). The van der Waals surface area contributed by atoms with Crippen LogP contribution < -0.4 is 0 Å². The molecular weight excluding hydrogens is 283 g/mol. The maximum atomic E-state index is 2.68. The zero-order valence-electron chi connectivity index (χ0n) is 10.4. The first-order chi connectivity index (χ1) is 6.22. The van der Waals surface area contributed by atoms with E-state index in [1.165, 1.54) is 25.7 Å². The first kappa shape index (κ1) is 12.8. The van der Waals surface area contributed by atoms with Crippen molar-refractivity contribution in [3.05, 3.63) is 0 Å². The van der Waals surface area contributed by atoms with Crippen LogP contribution in [0.3, 0.4) is 0 Å². The van der Waals surface area contributed by atoms with Gasteiger partial charge in [-0.1, -0.05) is 63.6 Å². The molecule has 0 N–H and O–H groups in total. The minimum Gasteiger partial charge on any atom is -0.0817 e. The fourth-order valence-corrected chi connectivity index (χ4v) is 3.33. The van der Waals surface area contributed by atoms with E-state index in [2.05, 4.69) is 57.2 Å². The van der Waals surface area contributed by atoms with E-state index in [0.29, 0.717) is 10.8 Å². The van der Waals surface area contributed by atoms with Crippen molar-refractivity contribution >= 4 is 22.6 Å². The molecule has 0 spiro atoms. The van der Waals surface area contributed by atoms with Crippen LogP contribution in [0.4, 0.5) is 0 Å². The maximum absolute atomic E-state index is 2.68. The highest BCUT2D eigenvalue weighted by Gasteiger charge is 2.36. The summed E-state index contributed by atoms with van der Waals surface area (Å²) in [6.45, 7) is 12.0. The van der Waals surface area contributed by atoms with Crippen molar-refractivity contribution in [1.29, 1.82) is 0 Å². The van der Waals surface area contributed by atoms with Gasteiger partial charge in [0.15, 0.2) is 0 Å². The van der Waals surface area contributed by atoms with Gasteiger partial charge in [0.2, 0.25) is 0 Å². The Balaban J connectivity index is 2.61. The number of halogens is 1. The highest BCUT2D eigenvalue weighted by atomic mass is 127. The van der Waals surface area contributed by atoms with Crippen molar-refractivity contribution in [3.63, 3.8) is 0 Å². The van der Waals surface area contributed by atoms with Gasteiger partial charge in [-0.3, -0.25) is 0 Å². The molecule has 0 aromatic heterocycles. The molecule has 0 radical (unpaired) electrons. The van der Waals surface area contributed by atoms with Gasteiger partial charge in [-0.2, -0.15) is 0 Å². The zero-order valence-corrected chi connectivity index (χ0v) is 12.5. The molecule has 1 aliphatic rings. The van der Waals surface area contributed by atoms with Crippen molar-refractivity contribution in [1.82, 2.24) is 0 Å². The molecule has 0 aromatic carbocycles. The van der Waals surface area contributed by atoms with Gasteiger partial charge >= 0.3 is 0 Å². The third kappa shape index (κ3) is 3.39. The van der Waals surface area contributed by atoms with E-state index in [1.54, 1.807) is 0 Å². The molecule has 14 heavy (non-hydrogen) atoms. The second-order valence-corrected chi connectivity index (χ2v) is 8.13. The molecule has 1 aliphatic carbocycles. The van der Waals surface area contributed by atoms with E-state index in [4.69, 9.17) is 0 Å². The van der Waals surface area contributed by atoms with Gasteiger partial charge in [0.25, 0.3) is 0 Å². The van der Waals surface area contributed by atoms with Crippen LogP contribution in [0, 0.1) is 16.7 Å². The summed E-state index contributed by atoms with van der Waals surface area (Å²) >= 11 is 2.68. The van der Waals surface area contributed by atoms with E-state index in [-0.39, 0.29) is 0 Å². The molecule has 0 heterocycles. The van der Waals surface area contributed by atoms with Gasteiger partial charge in [0.05, 0.1) is 0 Å². The van der Waals surface area contributed by atoms with Gasteiger partial charge in [0.1, 0.15) is 0 Å². The predicted octanol–water partition coefficient (Wildman–Crippen LogP) is 5.05. The first-order valence-corrected chi connectivity index (χ1v) is 7.11. The molecule has 1 heteroatoms. The lowest BCUT2D eigenvalue weighted by molar-refractivity contribution is 0.153. The van der Waals surface area contributed by atoms with E-state index >= 15 is 0 Å². The van der Waals surface area contributed by atoms with Gasteiger partial charge in [-0.15, -0.1) is 0 Å². The normalized spacial score (nSPS) is 30.0. The minimum atomic E-state index is 0.471. The van der Waals surface area contributed by atoms with Gasteiger partial charge in [-0.05, 0) is 36.0 Å². The Morgan fingerprint density at radius 1 is 1.29 bits per heavy atom. The molecule has 0 bridgehead atoms. The Morgan fingerprint density at radius 3 is 2.29 bits per heavy atom. The second-order valence-electron chi connectivity index (χ2n) is 6.79. The van der Waals surface area contributed by atoms with Crippen LogP contribution in [0.1, 0.15) is 60.3 Å². The number of alkyl halides is 1. The summed E-state index contributed by atoms with van der Waals surface area (Å²) in [6, 6.07) is 0. The van der Waals surface area contributed by atoms with Crippen molar-refractivity contribution in [3.8, 4) is 0 Å². The largest absolute Gasteiger partial charge is 0.0817 e. The van der Waals surface area contributed by atoms with Crippen LogP contribution in [0.5, 0.6) is 0 Å². The molecule has 0 saturated heterocycles. The molecule has 0 aromatic rings. The highest BCUT2D eigenvalue weighted by Crippen LogP contribution is 2.45. The molecule has 0 nitrogen and oxygen atoms in total. The molecule has 1 saturated carbocycles. The second kappa shape index (κ2) is 4.31. The SMILES string of the molecule is CC1(C)CCCC(C(I)C(C)(C)C)C1. The molecule has 2 unspecified atom stereocenters. The average molecular weight is 308 g/mol. The third-order valence-electron chi connectivity index (χ3n) is 3.48. The first-order valence-electron chi connectivity index (χ1n) is 5.86. The van der Waals surface area contributed by atoms with Crippen molar-refractivity contribution in [2.24, 2.45) is 16.7 Å². The molecule has 2 atom stereocenters. The highest BCUT2D eigenvalue weighted by molar-refractivity contribution is 14.1. The van der Waals surface area contributed by atoms with Crippen LogP contribution in [-0.2, 0) is 0 Å². The summed E-state index contributed by atoms with van der Waals surface area (Å²) in [6.07, 6.45) is 5.75. The lowest BCUT2D eigenvalue weighted by atomic mass is 9.68. The molecule has 0 aliphatic heterocycles. The molecule has 84 valence electrons. The maximum Gasteiger partial charge on any atom is 0.0187 e. The lowest BCUT2D eigenvalue weighted by Gasteiger charge is -2.41. The lowest BCUT2D eigenvalue weighted by Crippen LogP contribution is -2.34. The summed E-state index contributed by atoms with van der Waals surface area (Å²) in [5.41, 5.74) is 1.07. The molecular formula is C13H25I. The Morgan fingerprint density at radius 2 is 1.86 bits per heavy atom. The smallest absolute Gasteiger partial charge is 0.0187 e. The molecule has 1 fully saturated rings. The van der Waals surface area contributed by atoms with Gasteiger partial charge < -0.3 is 0 Å². The Bertz CT molecular complexity index is 185. The fourth-order valence-electron chi connectivity index (χ4n) is 2.71. The monoisotopic (exact) mass is 308 g/mol. The number of hydrogen-bond acceptors (Lipinski definition) is 0. The van der Waals surface area contributed by atoms with Crippen LogP contribution in [0.25, 0.3) is 0 Å². The van der Waals surface area contributed by atoms with E-state index in [1.807, 2.05) is 0 Å². The van der Waals surface area contributed by atoms with Crippen LogP contribution >= 0.6 is 22.6 Å². The minimum absolute atomic E-state index is 0.471. The van der Waals surface area contributed by atoms with Crippen molar-refractivity contribution in [2.75, 3.05) is 0 Å². The molecule has 0 amide bonds.